The maximum atomic E-state index is 12.9. The molecule has 2 aliphatic heterocycles. The van der Waals surface area contributed by atoms with Crippen molar-refractivity contribution in [2.75, 3.05) is 57.8 Å². The number of amides is 1. The molecular weight excluding hydrogens is 338 g/mol. The number of likely N-dealkylation sites (N-methyl/N-ethyl adjacent to an activating group) is 1. The van der Waals surface area contributed by atoms with Crippen LogP contribution in [-0.4, -0.2) is 74.7 Å². The average molecular weight is 374 g/mol. The van der Waals surface area contributed by atoms with Crippen molar-refractivity contribution in [3.63, 3.8) is 0 Å². The fraction of sp³-hybridized carbons (Fsp3) is 0.682. The molecule has 0 N–H and O–H groups in total. The van der Waals surface area contributed by atoms with Crippen LogP contribution in [0.5, 0.6) is 0 Å². The fourth-order valence-electron chi connectivity index (χ4n) is 3.89. The molecule has 27 heavy (non-hydrogen) atoms. The van der Waals surface area contributed by atoms with Crippen LogP contribution in [0.3, 0.4) is 0 Å². The van der Waals surface area contributed by atoms with Crippen LogP contribution >= 0.6 is 0 Å². The SMILES string of the molecule is CC(C)CCC[C@H]1CN(C(=O)c2ccc(N3CCN(C)CC3)cc2)CCO1. The van der Waals surface area contributed by atoms with E-state index in [1.807, 2.05) is 17.0 Å². The summed E-state index contributed by atoms with van der Waals surface area (Å²) in [5.41, 5.74) is 2.00. The molecular formula is C22H35N3O2. The van der Waals surface area contributed by atoms with Gasteiger partial charge in [0.1, 0.15) is 0 Å². The second kappa shape index (κ2) is 9.56. The molecule has 0 aliphatic carbocycles. The van der Waals surface area contributed by atoms with Crippen molar-refractivity contribution in [1.82, 2.24) is 9.80 Å². The molecule has 1 atom stereocenters. The fourth-order valence-corrected chi connectivity index (χ4v) is 3.89. The summed E-state index contributed by atoms with van der Waals surface area (Å²) in [6.07, 6.45) is 3.63. The van der Waals surface area contributed by atoms with E-state index in [1.165, 1.54) is 18.5 Å². The van der Waals surface area contributed by atoms with Crippen LogP contribution in [0.1, 0.15) is 43.5 Å². The standard InChI is InChI=1S/C22H35N3O2/c1-18(2)5-4-6-21-17-25(15-16-27-21)22(26)19-7-9-20(10-8-19)24-13-11-23(3)12-14-24/h7-10,18,21H,4-6,11-17H2,1-3H3/t21-/m0/s1. The van der Waals surface area contributed by atoms with Gasteiger partial charge in [-0.05, 0) is 43.7 Å². The molecule has 5 nitrogen and oxygen atoms in total. The summed E-state index contributed by atoms with van der Waals surface area (Å²) < 4.78 is 5.88. The molecule has 1 aromatic rings. The summed E-state index contributed by atoms with van der Waals surface area (Å²) in [4.78, 5) is 19.6. The molecule has 2 fully saturated rings. The topological polar surface area (TPSA) is 36.0 Å². The molecule has 2 heterocycles. The molecule has 0 unspecified atom stereocenters. The van der Waals surface area contributed by atoms with Gasteiger partial charge in [-0.1, -0.05) is 26.7 Å². The van der Waals surface area contributed by atoms with E-state index in [0.717, 1.165) is 50.6 Å². The highest BCUT2D eigenvalue weighted by Crippen LogP contribution is 2.20. The number of anilines is 1. The van der Waals surface area contributed by atoms with Gasteiger partial charge in [-0.3, -0.25) is 4.79 Å². The van der Waals surface area contributed by atoms with Gasteiger partial charge in [-0.2, -0.15) is 0 Å². The third-order valence-corrected chi connectivity index (χ3v) is 5.72. The zero-order valence-corrected chi connectivity index (χ0v) is 17.2. The molecule has 0 radical (unpaired) electrons. The van der Waals surface area contributed by atoms with Gasteiger partial charge < -0.3 is 19.4 Å². The predicted molar refractivity (Wildman–Crippen MR) is 110 cm³/mol. The first-order chi connectivity index (χ1) is 13.0. The van der Waals surface area contributed by atoms with E-state index in [-0.39, 0.29) is 12.0 Å². The molecule has 5 heteroatoms. The predicted octanol–water partition coefficient (Wildman–Crippen LogP) is 3.11. The maximum absolute atomic E-state index is 12.9. The second-order valence-corrected chi connectivity index (χ2v) is 8.41. The van der Waals surface area contributed by atoms with Crippen molar-refractivity contribution >= 4 is 11.6 Å². The average Bonchev–Trinajstić information content (AvgIpc) is 2.68. The highest BCUT2D eigenvalue weighted by molar-refractivity contribution is 5.94. The van der Waals surface area contributed by atoms with Crippen LogP contribution in [0.2, 0.25) is 0 Å². The number of rotatable bonds is 6. The Bertz CT molecular complexity index is 594. The minimum absolute atomic E-state index is 0.136. The summed E-state index contributed by atoms with van der Waals surface area (Å²) in [6.45, 7) is 10.8. The molecule has 0 aromatic heterocycles. The number of hydrogen-bond donors (Lipinski definition) is 0. The van der Waals surface area contributed by atoms with Crippen LogP contribution < -0.4 is 4.90 Å². The first-order valence-electron chi connectivity index (χ1n) is 10.5. The molecule has 150 valence electrons. The van der Waals surface area contributed by atoms with Crippen LogP contribution in [0, 0.1) is 5.92 Å². The Morgan fingerprint density at radius 3 is 2.48 bits per heavy atom. The number of piperazine rings is 1. The number of ether oxygens (including phenoxy) is 1. The van der Waals surface area contributed by atoms with Gasteiger partial charge in [0.05, 0.1) is 12.7 Å². The molecule has 0 saturated carbocycles. The number of benzene rings is 1. The van der Waals surface area contributed by atoms with Gasteiger partial charge in [-0.25, -0.2) is 0 Å². The maximum Gasteiger partial charge on any atom is 0.254 e. The summed E-state index contributed by atoms with van der Waals surface area (Å²) in [5, 5.41) is 0. The second-order valence-electron chi connectivity index (χ2n) is 8.41. The van der Waals surface area contributed by atoms with Gasteiger partial charge in [0, 0.05) is 50.5 Å². The Morgan fingerprint density at radius 2 is 1.81 bits per heavy atom. The molecule has 2 saturated heterocycles. The van der Waals surface area contributed by atoms with E-state index in [4.69, 9.17) is 4.74 Å². The van der Waals surface area contributed by atoms with E-state index in [2.05, 4.69) is 42.8 Å². The number of morpholine rings is 1. The van der Waals surface area contributed by atoms with Crippen LogP contribution in [0.15, 0.2) is 24.3 Å². The number of carbonyl (C=O) groups is 1. The highest BCUT2D eigenvalue weighted by Gasteiger charge is 2.25. The molecule has 2 aliphatic rings. The largest absolute Gasteiger partial charge is 0.375 e. The lowest BCUT2D eigenvalue weighted by Gasteiger charge is -2.34. The number of carbonyl (C=O) groups excluding carboxylic acids is 1. The zero-order valence-electron chi connectivity index (χ0n) is 17.2. The smallest absolute Gasteiger partial charge is 0.254 e. The summed E-state index contributed by atoms with van der Waals surface area (Å²) in [5.74, 6) is 0.863. The van der Waals surface area contributed by atoms with Crippen molar-refractivity contribution in [2.45, 2.75) is 39.2 Å². The van der Waals surface area contributed by atoms with Crippen molar-refractivity contribution in [3.8, 4) is 0 Å². The van der Waals surface area contributed by atoms with Crippen LogP contribution in [-0.2, 0) is 4.74 Å². The van der Waals surface area contributed by atoms with E-state index in [9.17, 15) is 4.79 Å². The Labute approximate surface area is 164 Å². The zero-order chi connectivity index (χ0) is 19.2. The minimum atomic E-state index is 0.136. The van der Waals surface area contributed by atoms with Crippen LogP contribution in [0.25, 0.3) is 0 Å². The lowest BCUT2D eigenvalue weighted by Crippen LogP contribution is -2.45. The van der Waals surface area contributed by atoms with Crippen molar-refractivity contribution in [1.29, 1.82) is 0 Å². The van der Waals surface area contributed by atoms with Crippen LogP contribution in [0.4, 0.5) is 5.69 Å². The van der Waals surface area contributed by atoms with Gasteiger partial charge in [-0.15, -0.1) is 0 Å². The Kier molecular flexibility index (Phi) is 7.13. The van der Waals surface area contributed by atoms with E-state index < -0.39 is 0 Å². The molecule has 0 spiro atoms. The van der Waals surface area contributed by atoms with Crippen molar-refractivity contribution in [3.05, 3.63) is 29.8 Å². The highest BCUT2D eigenvalue weighted by atomic mass is 16.5. The minimum Gasteiger partial charge on any atom is -0.375 e. The third-order valence-electron chi connectivity index (χ3n) is 5.72. The van der Waals surface area contributed by atoms with E-state index >= 15 is 0 Å². The lowest BCUT2D eigenvalue weighted by molar-refractivity contribution is -0.0260. The van der Waals surface area contributed by atoms with Gasteiger partial charge >= 0.3 is 0 Å². The lowest BCUT2D eigenvalue weighted by atomic mass is 10.0. The monoisotopic (exact) mass is 373 g/mol. The summed E-state index contributed by atoms with van der Waals surface area (Å²) >= 11 is 0. The Morgan fingerprint density at radius 1 is 1.11 bits per heavy atom. The molecule has 3 rings (SSSR count). The molecule has 1 aromatic carbocycles. The van der Waals surface area contributed by atoms with E-state index in [1.54, 1.807) is 0 Å². The van der Waals surface area contributed by atoms with Gasteiger partial charge in [0.15, 0.2) is 0 Å². The Hall–Kier alpha value is -1.59. The van der Waals surface area contributed by atoms with Gasteiger partial charge in [0.2, 0.25) is 0 Å². The first-order valence-corrected chi connectivity index (χ1v) is 10.5. The van der Waals surface area contributed by atoms with Crippen molar-refractivity contribution < 1.29 is 9.53 Å². The molecule has 0 bridgehead atoms. The number of hydrogen-bond acceptors (Lipinski definition) is 4. The normalized spacial score (nSPS) is 21.7. The Balaban J connectivity index is 1.53. The first kappa shape index (κ1) is 20.2. The van der Waals surface area contributed by atoms with E-state index in [0.29, 0.717) is 13.2 Å². The molecule has 1 amide bonds. The number of nitrogens with zero attached hydrogens (tertiary/aromatic N) is 3. The summed E-state index contributed by atoms with van der Waals surface area (Å²) in [6, 6.07) is 8.16. The summed E-state index contributed by atoms with van der Waals surface area (Å²) in [7, 11) is 2.16. The van der Waals surface area contributed by atoms with Gasteiger partial charge in [0.25, 0.3) is 5.91 Å². The third kappa shape index (κ3) is 5.69. The van der Waals surface area contributed by atoms with Crippen molar-refractivity contribution in [2.24, 2.45) is 5.92 Å². The quantitative estimate of drug-likeness (QED) is 0.768.